The van der Waals surface area contributed by atoms with Crippen molar-refractivity contribution in [3.63, 3.8) is 0 Å². The van der Waals surface area contributed by atoms with Crippen molar-refractivity contribution in [2.75, 3.05) is 0 Å². The Kier molecular flexibility index (Phi) is 4.86. The normalized spacial score (nSPS) is 14.0. The standard InChI is InChI=1S/C26H30N/c1-26(2,3)24-17-22-13-11-20-7-8-21(10-9-20)12-14-23(18-24)25(22)19-27-15-5-4-6-16-27/h4-10,15-18H,11-14,19H2,1-3H3/q+1. The molecule has 138 valence electrons. The van der Waals surface area contributed by atoms with Crippen molar-refractivity contribution < 1.29 is 4.57 Å². The zero-order valence-corrected chi connectivity index (χ0v) is 16.8. The van der Waals surface area contributed by atoms with Gasteiger partial charge in [-0.3, -0.25) is 0 Å². The molecule has 4 bridgehead atoms. The number of benzene rings is 2. The van der Waals surface area contributed by atoms with Gasteiger partial charge in [0.1, 0.15) is 0 Å². The van der Waals surface area contributed by atoms with Crippen LogP contribution in [0.15, 0.2) is 67.0 Å². The highest BCUT2D eigenvalue weighted by Crippen LogP contribution is 2.30. The monoisotopic (exact) mass is 356 g/mol. The smallest absolute Gasteiger partial charge is 0.174 e. The highest BCUT2D eigenvalue weighted by molar-refractivity contribution is 5.43. The second-order valence-electron chi connectivity index (χ2n) is 8.89. The van der Waals surface area contributed by atoms with Crippen LogP contribution in [-0.4, -0.2) is 0 Å². The average molecular weight is 357 g/mol. The van der Waals surface area contributed by atoms with Gasteiger partial charge in [0.05, 0.1) is 0 Å². The van der Waals surface area contributed by atoms with Crippen molar-refractivity contribution >= 4 is 0 Å². The van der Waals surface area contributed by atoms with E-state index >= 15 is 0 Å². The summed E-state index contributed by atoms with van der Waals surface area (Å²) in [5, 5.41) is 0. The van der Waals surface area contributed by atoms with E-state index in [1.807, 2.05) is 0 Å². The average Bonchev–Trinajstić information content (AvgIpc) is 2.68. The fourth-order valence-corrected chi connectivity index (χ4v) is 4.03. The molecular weight excluding hydrogens is 326 g/mol. The van der Waals surface area contributed by atoms with Crippen molar-refractivity contribution in [3.8, 4) is 0 Å². The van der Waals surface area contributed by atoms with E-state index in [9.17, 15) is 0 Å². The Morgan fingerprint density at radius 3 is 1.74 bits per heavy atom. The van der Waals surface area contributed by atoms with E-state index in [-0.39, 0.29) is 5.41 Å². The molecule has 0 amide bonds. The topological polar surface area (TPSA) is 3.88 Å². The summed E-state index contributed by atoms with van der Waals surface area (Å²) in [6.45, 7) is 7.95. The van der Waals surface area contributed by atoms with Crippen molar-refractivity contribution in [1.82, 2.24) is 0 Å². The van der Waals surface area contributed by atoms with Crippen LogP contribution in [0.3, 0.4) is 0 Å². The number of hydrogen-bond acceptors (Lipinski definition) is 0. The molecule has 3 aromatic rings. The lowest BCUT2D eigenvalue weighted by Crippen LogP contribution is -2.34. The van der Waals surface area contributed by atoms with Gasteiger partial charge in [-0.05, 0) is 58.9 Å². The highest BCUT2D eigenvalue weighted by atomic mass is 14.9. The Labute approximate surface area is 163 Å². The minimum Gasteiger partial charge on any atom is -0.201 e. The third-order valence-electron chi connectivity index (χ3n) is 5.81. The van der Waals surface area contributed by atoms with Gasteiger partial charge in [-0.15, -0.1) is 0 Å². The molecule has 0 radical (unpaired) electrons. The number of aromatic nitrogens is 1. The molecule has 0 spiro atoms. The second-order valence-corrected chi connectivity index (χ2v) is 8.89. The number of fused-ring (bicyclic) bond motifs is 4. The molecule has 5 rings (SSSR count). The number of hydrogen-bond donors (Lipinski definition) is 0. The Bertz CT molecular complexity index is 867. The van der Waals surface area contributed by atoms with Crippen LogP contribution in [0.4, 0.5) is 0 Å². The molecule has 0 saturated heterocycles. The first-order valence-electron chi connectivity index (χ1n) is 10.2. The van der Waals surface area contributed by atoms with Gasteiger partial charge in [-0.1, -0.05) is 63.2 Å². The number of pyridine rings is 1. The lowest BCUT2D eigenvalue weighted by atomic mass is 9.81. The maximum Gasteiger partial charge on any atom is 0.174 e. The first kappa shape index (κ1) is 18.0. The highest BCUT2D eigenvalue weighted by Gasteiger charge is 2.21. The zero-order valence-electron chi connectivity index (χ0n) is 16.8. The summed E-state index contributed by atoms with van der Waals surface area (Å²) in [4.78, 5) is 0. The molecule has 0 fully saturated rings. The summed E-state index contributed by atoms with van der Waals surface area (Å²) in [5.74, 6) is 0. The van der Waals surface area contributed by atoms with Gasteiger partial charge in [0.15, 0.2) is 18.9 Å². The largest absolute Gasteiger partial charge is 0.201 e. The van der Waals surface area contributed by atoms with Gasteiger partial charge < -0.3 is 0 Å². The first-order chi connectivity index (χ1) is 13.0. The SMILES string of the molecule is CC(C)(C)c1cc2c(C[n+]3ccccc3)c(c1)CCc1ccc(cc1)CC2. The molecule has 2 aliphatic carbocycles. The van der Waals surface area contributed by atoms with Crippen LogP contribution in [0.2, 0.25) is 0 Å². The summed E-state index contributed by atoms with van der Waals surface area (Å²) in [6.07, 6.45) is 8.80. The predicted molar refractivity (Wildman–Crippen MR) is 112 cm³/mol. The molecule has 0 unspecified atom stereocenters. The Balaban J connectivity index is 1.82. The minimum atomic E-state index is 0.178. The molecule has 0 atom stereocenters. The Morgan fingerprint density at radius 2 is 1.26 bits per heavy atom. The molecule has 0 saturated carbocycles. The third kappa shape index (κ3) is 4.13. The maximum atomic E-state index is 2.48. The lowest BCUT2D eigenvalue weighted by Gasteiger charge is -2.23. The molecule has 27 heavy (non-hydrogen) atoms. The molecule has 0 N–H and O–H groups in total. The van der Waals surface area contributed by atoms with Crippen LogP contribution in [0.1, 0.15) is 54.2 Å². The summed E-state index contributed by atoms with van der Waals surface area (Å²) in [7, 11) is 0. The van der Waals surface area contributed by atoms with E-state index < -0.39 is 0 Å². The fourth-order valence-electron chi connectivity index (χ4n) is 4.03. The summed E-state index contributed by atoms with van der Waals surface area (Å²) in [5.41, 5.74) is 9.12. The van der Waals surface area contributed by atoms with Crippen molar-refractivity contribution in [2.45, 2.75) is 58.4 Å². The lowest BCUT2D eigenvalue weighted by molar-refractivity contribution is -0.688. The molecule has 2 aromatic carbocycles. The Morgan fingerprint density at radius 1 is 0.741 bits per heavy atom. The van der Waals surface area contributed by atoms with E-state index in [4.69, 9.17) is 0 Å². The van der Waals surface area contributed by atoms with Crippen molar-refractivity contribution in [1.29, 1.82) is 0 Å². The Hall–Kier alpha value is -2.41. The van der Waals surface area contributed by atoms with Gasteiger partial charge in [0.25, 0.3) is 0 Å². The molecule has 1 heteroatoms. The van der Waals surface area contributed by atoms with Gasteiger partial charge >= 0.3 is 0 Å². The molecule has 1 nitrogen and oxygen atoms in total. The van der Waals surface area contributed by atoms with Crippen LogP contribution < -0.4 is 4.57 Å². The zero-order chi connectivity index (χ0) is 18.9. The van der Waals surface area contributed by atoms with Gasteiger partial charge in [-0.2, -0.15) is 0 Å². The van der Waals surface area contributed by atoms with Crippen LogP contribution in [-0.2, 0) is 37.6 Å². The molecule has 1 heterocycles. The predicted octanol–water partition coefficient (Wildman–Crippen LogP) is 5.20. The van der Waals surface area contributed by atoms with Gasteiger partial charge in [0, 0.05) is 17.7 Å². The summed E-state index contributed by atoms with van der Waals surface area (Å²) < 4.78 is 2.31. The maximum absolute atomic E-state index is 2.48. The molecular formula is C26H30N+. The van der Waals surface area contributed by atoms with E-state index in [1.54, 1.807) is 0 Å². The fraction of sp³-hybridized carbons (Fsp3) is 0.346. The first-order valence-corrected chi connectivity index (χ1v) is 10.2. The van der Waals surface area contributed by atoms with Gasteiger partial charge in [-0.25, -0.2) is 4.57 Å². The second kappa shape index (κ2) is 7.31. The van der Waals surface area contributed by atoms with Crippen LogP contribution in [0.25, 0.3) is 0 Å². The van der Waals surface area contributed by atoms with Crippen molar-refractivity contribution in [2.24, 2.45) is 0 Å². The number of nitrogens with zero attached hydrogens (tertiary/aromatic N) is 1. The van der Waals surface area contributed by atoms with E-state index in [2.05, 4.69) is 92.3 Å². The van der Waals surface area contributed by atoms with Crippen LogP contribution in [0, 0.1) is 0 Å². The minimum absolute atomic E-state index is 0.178. The number of rotatable bonds is 2. The van der Waals surface area contributed by atoms with E-state index in [1.165, 1.54) is 33.4 Å². The van der Waals surface area contributed by atoms with Crippen molar-refractivity contribution in [3.05, 3.63) is 100 Å². The summed E-state index contributed by atoms with van der Waals surface area (Å²) >= 11 is 0. The summed E-state index contributed by atoms with van der Waals surface area (Å²) in [6, 6.07) is 20.6. The molecule has 0 aliphatic heterocycles. The van der Waals surface area contributed by atoms with Crippen LogP contribution in [0.5, 0.6) is 0 Å². The quantitative estimate of drug-likeness (QED) is 0.555. The molecule has 2 aliphatic rings. The van der Waals surface area contributed by atoms with Crippen LogP contribution >= 0.6 is 0 Å². The van der Waals surface area contributed by atoms with E-state index in [0.29, 0.717) is 0 Å². The number of aryl methyl sites for hydroxylation is 4. The molecule has 1 aromatic heterocycles. The third-order valence-corrected chi connectivity index (χ3v) is 5.81. The van der Waals surface area contributed by atoms with E-state index in [0.717, 1.165) is 32.2 Å². The van der Waals surface area contributed by atoms with Gasteiger partial charge in [0.2, 0.25) is 0 Å².